The van der Waals surface area contributed by atoms with Crippen molar-refractivity contribution in [3.8, 4) is 0 Å². The highest BCUT2D eigenvalue weighted by Crippen LogP contribution is 2.11. The Morgan fingerprint density at radius 3 is 2.28 bits per heavy atom. The Morgan fingerprint density at radius 2 is 1.67 bits per heavy atom. The molecule has 0 aliphatic heterocycles. The van der Waals surface area contributed by atoms with Gasteiger partial charge < -0.3 is 10.5 Å². The molecule has 3 nitrogen and oxygen atoms in total. The fourth-order valence-electron chi connectivity index (χ4n) is 1.98. The monoisotopic (exact) mass is 257 g/mol. The van der Waals surface area contributed by atoms with Crippen LogP contribution in [0.25, 0.3) is 0 Å². The minimum Gasteiger partial charge on any atom is -0.463 e. The van der Waals surface area contributed by atoms with Gasteiger partial charge >= 0.3 is 5.97 Å². The third kappa shape index (κ3) is 11.9. The third-order valence-corrected chi connectivity index (χ3v) is 3.13. The molecule has 0 aliphatic carbocycles. The van der Waals surface area contributed by atoms with Crippen LogP contribution in [0.5, 0.6) is 0 Å². The summed E-state index contributed by atoms with van der Waals surface area (Å²) in [5.41, 5.74) is 5.35. The maximum Gasteiger partial charge on any atom is 0.306 e. The standard InChI is InChI=1S/C15H31NO2/c1-3-4-5-6-7-8-9-11-14(2)18-15(17)12-10-13-16/h14H,3-13,16H2,1-2H3. The topological polar surface area (TPSA) is 52.3 Å². The molecule has 0 aromatic carbocycles. The average molecular weight is 257 g/mol. The first-order valence-electron chi connectivity index (χ1n) is 7.60. The van der Waals surface area contributed by atoms with Gasteiger partial charge in [-0.15, -0.1) is 0 Å². The van der Waals surface area contributed by atoms with Gasteiger partial charge in [-0.25, -0.2) is 0 Å². The van der Waals surface area contributed by atoms with Crippen molar-refractivity contribution in [3.63, 3.8) is 0 Å². The van der Waals surface area contributed by atoms with E-state index in [1.54, 1.807) is 0 Å². The van der Waals surface area contributed by atoms with E-state index < -0.39 is 0 Å². The molecular formula is C15H31NO2. The average Bonchev–Trinajstić information content (AvgIpc) is 2.35. The molecule has 3 heteroatoms. The van der Waals surface area contributed by atoms with Crippen LogP contribution in [0.1, 0.15) is 78.1 Å². The lowest BCUT2D eigenvalue weighted by Crippen LogP contribution is -2.15. The number of carbonyl (C=O) groups is 1. The van der Waals surface area contributed by atoms with Crippen molar-refractivity contribution in [3.05, 3.63) is 0 Å². The predicted molar refractivity (Wildman–Crippen MR) is 76.5 cm³/mol. The van der Waals surface area contributed by atoms with Gasteiger partial charge in [-0.3, -0.25) is 4.79 Å². The Kier molecular flexibility index (Phi) is 12.5. The van der Waals surface area contributed by atoms with E-state index in [1.807, 2.05) is 6.92 Å². The zero-order valence-electron chi connectivity index (χ0n) is 12.2. The zero-order chi connectivity index (χ0) is 13.6. The molecule has 1 atom stereocenters. The van der Waals surface area contributed by atoms with Crippen LogP contribution in [0.4, 0.5) is 0 Å². The number of carbonyl (C=O) groups excluding carboxylic acids is 1. The Balaban J connectivity index is 3.31. The Morgan fingerprint density at radius 1 is 1.06 bits per heavy atom. The summed E-state index contributed by atoms with van der Waals surface area (Å²) in [6, 6.07) is 0. The lowest BCUT2D eigenvalue weighted by atomic mass is 10.1. The maximum absolute atomic E-state index is 11.3. The van der Waals surface area contributed by atoms with Crippen LogP contribution >= 0.6 is 0 Å². The molecule has 0 rings (SSSR count). The first-order chi connectivity index (χ1) is 8.70. The third-order valence-electron chi connectivity index (χ3n) is 3.13. The Labute approximate surface area is 112 Å². The summed E-state index contributed by atoms with van der Waals surface area (Å²) in [5, 5.41) is 0. The van der Waals surface area contributed by atoms with Crippen LogP contribution in [0.2, 0.25) is 0 Å². The summed E-state index contributed by atoms with van der Waals surface area (Å²) in [7, 11) is 0. The summed E-state index contributed by atoms with van der Waals surface area (Å²) in [6.07, 6.45) is 11.3. The van der Waals surface area contributed by atoms with E-state index in [-0.39, 0.29) is 12.1 Å². The van der Waals surface area contributed by atoms with Crippen molar-refractivity contribution in [2.24, 2.45) is 5.73 Å². The summed E-state index contributed by atoms with van der Waals surface area (Å²) in [5.74, 6) is -0.101. The number of nitrogens with two attached hydrogens (primary N) is 1. The quantitative estimate of drug-likeness (QED) is 0.427. The highest BCUT2D eigenvalue weighted by molar-refractivity contribution is 5.69. The second-order valence-corrected chi connectivity index (χ2v) is 5.10. The van der Waals surface area contributed by atoms with Gasteiger partial charge in [0.15, 0.2) is 0 Å². The molecule has 0 radical (unpaired) electrons. The van der Waals surface area contributed by atoms with E-state index in [2.05, 4.69) is 6.92 Å². The van der Waals surface area contributed by atoms with Gasteiger partial charge in [-0.05, 0) is 32.7 Å². The fraction of sp³-hybridized carbons (Fsp3) is 0.933. The van der Waals surface area contributed by atoms with Gasteiger partial charge in [-0.1, -0.05) is 45.4 Å². The molecule has 0 aliphatic rings. The summed E-state index contributed by atoms with van der Waals surface area (Å²) < 4.78 is 5.30. The van der Waals surface area contributed by atoms with Crippen molar-refractivity contribution in [2.45, 2.75) is 84.2 Å². The van der Waals surface area contributed by atoms with Crippen molar-refractivity contribution < 1.29 is 9.53 Å². The molecule has 0 saturated carbocycles. The van der Waals surface area contributed by atoms with E-state index in [0.29, 0.717) is 13.0 Å². The highest BCUT2D eigenvalue weighted by atomic mass is 16.5. The van der Waals surface area contributed by atoms with Gasteiger partial charge in [0.2, 0.25) is 0 Å². The van der Waals surface area contributed by atoms with Crippen LogP contribution in [0, 0.1) is 0 Å². The fourth-order valence-corrected chi connectivity index (χ4v) is 1.98. The SMILES string of the molecule is CCCCCCCCCC(C)OC(=O)CCCN. The molecular weight excluding hydrogens is 226 g/mol. The summed E-state index contributed by atoms with van der Waals surface area (Å²) >= 11 is 0. The van der Waals surface area contributed by atoms with E-state index >= 15 is 0 Å². The molecule has 0 amide bonds. The molecule has 0 bridgehead atoms. The number of rotatable bonds is 12. The molecule has 2 N–H and O–H groups in total. The Bertz CT molecular complexity index is 195. The minimum atomic E-state index is -0.101. The second kappa shape index (κ2) is 12.9. The molecule has 0 aromatic rings. The van der Waals surface area contributed by atoms with Crippen LogP contribution in [0.3, 0.4) is 0 Å². The second-order valence-electron chi connectivity index (χ2n) is 5.10. The summed E-state index contributed by atoms with van der Waals surface area (Å²) in [6.45, 7) is 4.78. The lowest BCUT2D eigenvalue weighted by Gasteiger charge is -2.12. The molecule has 18 heavy (non-hydrogen) atoms. The summed E-state index contributed by atoms with van der Waals surface area (Å²) in [4.78, 5) is 11.3. The van der Waals surface area contributed by atoms with E-state index in [1.165, 1.54) is 38.5 Å². The first-order valence-corrected chi connectivity index (χ1v) is 7.60. The van der Waals surface area contributed by atoms with Crippen LogP contribution < -0.4 is 5.73 Å². The molecule has 0 spiro atoms. The van der Waals surface area contributed by atoms with Gasteiger partial charge in [0.25, 0.3) is 0 Å². The molecule has 0 saturated heterocycles. The number of ether oxygens (including phenoxy) is 1. The number of unbranched alkanes of at least 4 members (excludes halogenated alkanes) is 6. The van der Waals surface area contributed by atoms with E-state index in [0.717, 1.165) is 19.3 Å². The number of hydrogen-bond acceptors (Lipinski definition) is 3. The smallest absolute Gasteiger partial charge is 0.306 e. The van der Waals surface area contributed by atoms with Crippen molar-refractivity contribution >= 4 is 5.97 Å². The van der Waals surface area contributed by atoms with Crippen LogP contribution in [0.15, 0.2) is 0 Å². The van der Waals surface area contributed by atoms with Crippen LogP contribution in [-0.2, 0) is 9.53 Å². The van der Waals surface area contributed by atoms with Gasteiger partial charge in [0.05, 0.1) is 6.10 Å². The number of hydrogen-bond donors (Lipinski definition) is 1. The van der Waals surface area contributed by atoms with Gasteiger partial charge in [0.1, 0.15) is 0 Å². The molecule has 0 heterocycles. The minimum absolute atomic E-state index is 0.0610. The predicted octanol–water partition coefficient (Wildman–Crippen LogP) is 3.80. The van der Waals surface area contributed by atoms with Crippen LogP contribution in [-0.4, -0.2) is 18.6 Å². The highest BCUT2D eigenvalue weighted by Gasteiger charge is 2.08. The van der Waals surface area contributed by atoms with E-state index in [9.17, 15) is 4.79 Å². The molecule has 108 valence electrons. The molecule has 1 unspecified atom stereocenters. The maximum atomic E-state index is 11.3. The van der Waals surface area contributed by atoms with E-state index in [4.69, 9.17) is 10.5 Å². The largest absolute Gasteiger partial charge is 0.463 e. The van der Waals surface area contributed by atoms with Gasteiger partial charge in [-0.2, -0.15) is 0 Å². The zero-order valence-corrected chi connectivity index (χ0v) is 12.2. The molecule has 0 fully saturated rings. The van der Waals surface area contributed by atoms with Crippen molar-refractivity contribution in [1.82, 2.24) is 0 Å². The molecule has 0 aromatic heterocycles. The lowest BCUT2D eigenvalue weighted by molar-refractivity contribution is -0.148. The van der Waals surface area contributed by atoms with Crippen molar-refractivity contribution in [2.75, 3.05) is 6.54 Å². The van der Waals surface area contributed by atoms with Crippen molar-refractivity contribution in [1.29, 1.82) is 0 Å². The Hall–Kier alpha value is -0.570. The normalized spacial score (nSPS) is 12.4. The van der Waals surface area contributed by atoms with Gasteiger partial charge in [0, 0.05) is 6.42 Å². The number of esters is 1. The first kappa shape index (κ1) is 17.4.